The molecular weight excluding hydrogens is 472 g/mol. The summed E-state index contributed by atoms with van der Waals surface area (Å²) < 4.78 is 22.6. The Morgan fingerprint density at radius 2 is 1.77 bits per heavy atom. The Bertz CT molecular complexity index is 760. The van der Waals surface area contributed by atoms with E-state index in [1.807, 2.05) is 6.92 Å². The highest BCUT2D eigenvalue weighted by atomic mass is 79.9. The zero-order chi connectivity index (χ0) is 19.5. The van der Waals surface area contributed by atoms with Crippen molar-refractivity contribution in [1.82, 2.24) is 0 Å². The number of carbonyl (C=O) groups excluding carboxylic acids is 2. The predicted octanol–water partition coefficient (Wildman–Crippen LogP) is 4.39. The second-order valence-corrected chi connectivity index (χ2v) is 7.28. The molecule has 1 heterocycles. The fraction of sp³-hybridized carbons (Fsp3) is 0.333. The summed E-state index contributed by atoms with van der Waals surface area (Å²) in [6.07, 6.45) is 3.00. The summed E-state index contributed by atoms with van der Waals surface area (Å²) in [5.41, 5.74) is 0.314. The minimum Gasteiger partial charge on any atom is -0.490 e. The summed E-state index contributed by atoms with van der Waals surface area (Å²) in [4.78, 5) is 24.3. The van der Waals surface area contributed by atoms with Crippen molar-refractivity contribution < 1.29 is 28.5 Å². The first-order valence-corrected chi connectivity index (χ1v) is 9.35. The van der Waals surface area contributed by atoms with Crippen molar-refractivity contribution in [3.8, 4) is 11.5 Å². The standard InChI is InChI=1S/C18H18Br2O6/c1-5-7-24-15-12(23-6-2)9-10(13(19)14(15)20)8-11-16(21)25-18(3,4)26-17(11)22/h5,8-9H,1,6-7H2,2-4H3. The molecule has 1 aromatic rings. The van der Waals surface area contributed by atoms with Gasteiger partial charge in [0.15, 0.2) is 11.5 Å². The molecule has 1 fully saturated rings. The van der Waals surface area contributed by atoms with Crippen LogP contribution in [0.15, 0.2) is 33.2 Å². The molecule has 1 aromatic carbocycles. The van der Waals surface area contributed by atoms with E-state index >= 15 is 0 Å². The summed E-state index contributed by atoms with van der Waals surface area (Å²) in [7, 11) is 0. The number of esters is 2. The quantitative estimate of drug-likeness (QED) is 0.255. The van der Waals surface area contributed by atoms with E-state index in [2.05, 4.69) is 38.4 Å². The van der Waals surface area contributed by atoms with Gasteiger partial charge in [0, 0.05) is 18.3 Å². The summed E-state index contributed by atoms with van der Waals surface area (Å²) in [6, 6.07) is 1.66. The molecule has 2 rings (SSSR count). The van der Waals surface area contributed by atoms with Gasteiger partial charge in [-0.25, -0.2) is 9.59 Å². The molecule has 0 N–H and O–H groups in total. The predicted molar refractivity (Wildman–Crippen MR) is 103 cm³/mol. The van der Waals surface area contributed by atoms with Crippen LogP contribution in [0.5, 0.6) is 11.5 Å². The zero-order valence-corrected chi connectivity index (χ0v) is 17.7. The molecule has 0 spiro atoms. The Labute approximate surface area is 168 Å². The molecule has 0 aromatic heterocycles. The molecule has 0 unspecified atom stereocenters. The van der Waals surface area contributed by atoms with Crippen molar-refractivity contribution in [3.05, 3.63) is 38.8 Å². The average molecular weight is 490 g/mol. The largest absolute Gasteiger partial charge is 0.490 e. The number of cyclic esters (lactones) is 2. The van der Waals surface area contributed by atoms with Gasteiger partial charge < -0.3 is 18.9 Å². The number of hydrogen-bond donors (Lipinski definition) is 0. The van der Waals surface area contributed by atoms with E-state index in [1.165, 1.54) is 19.9 Å². The number of benzene rings is 1. The van der Waals surface area contributed by atoms with Crippen LogP contribution < -0.4 is 9.47 Å². The van der Waals surface area contributed by atoms with Crippen LogP contribution >= 0.6 is 31.9 Å². The molecule has 0 bridgehead atoms. The number of hydrogen-bond acceptors (Lipinski definition) is 6. The van der Waals surface area contributed by atoms with E-state index in [0.717, 1.165) is 0 Å². The van der Waals surface area contributed by atoms with Crippen molar-refractivity contribution in [2.45, 2.75) is 26.6 Å². The van der Waals surface area contributed by atoms with Crippen LogP contribution in [0, 0.1) is 0 Å². The second kappa shape index (κ2) is 8.26. The second-order valence-electron chi connectivity index (χ2n) is 5.69. The van der Waals surface area contributed by atoms with Crippen molar-refractivity contribution in [2.24, 2.45) is 0 Å². The van der Waals surface area contributed by atoms with Crippen LogP contribution in [-0.2, 0) is 19.1 Å². The molecule has 0 atom stereocenters. The lowest BCUT2D eigenvalue weighted by molar-refractivity contribution is -0.222. The molecule has 0 radical (unpaired) electrons. The number of ether oxygens (including phenoxy) is 4. The third kappa shape index (κ3) is 4.48. The Kier molecular flexibility index (Phi) is 6.52. The maximum Gasteiger partial charge on any atom is 0.348 e. The smallest absolute Gasteiger partial charge is 0.348 e. The van der Waals surface area contributed by atoms with Crippen molar-refractivity contribution in [1.29, 1.82) is 0 Å². The lowest BCUT2D eigenvalue weighted by Gasteiger charge is -2.29. The van der Waals surface area contributed by atoms with Crippen LogP contribution in [0.25, 0.3) is 6.08 Å². The first-order chi connectivity index (χ1) is 12.2. The third-order valence-corrected chi connectivity index (χ3v) is 5.36. The van der Waals surface area contributed by atoms with Crippen LogP contribution in [0.1, 0.15) is 26.3 Å². The van der Waals surface area contributed by atoms with Gasteiger partial charge in [-0.3, -0.25) is 0 Å². The van der Waals surface area contributed by atoms with Gasteiger partial charge in [0.05, 0.1) is 11.1 Å². The fourth-order valence-corrected chi connectivity index (χ4v) is 3.13. The van der Waals surface area contributed by atoms with Gasteiger partial charge in [-0.15, -0.1) is 0 Å². The van der Waals surface area contributed by atoms with Crippen molar-refractivity contribution in [2.75, 3.05) is 13.2 Å². The van der Waals surface area contributed by atoms with E-state index in [4.69, 9.17) is 18.9 Å². The molecule has 1 aliphatic rings. The minimum absolute atomic E-state index is 0.209. The van der Waals surface area contributed by atoms with Gasteiger partial charge in [-0.2, -0.15) is 0 Å². The highest BCUT2D eigenvalue weighted by molar-refractivity contribution is 9.13. The van der Waals surface area contributed by atoms with Gasteiger partial charge in [0.25, 0.3) is 5.79 Å². The SMILES string of the molecule is C=CCOc1c(OCC)cc(C=C2C(=O)OC(C)(C)OC2=O)c(Br)c1Br. The van der Waals surface area contributed by atoms with Gasteiger partial charge in [0.1, 0.15) is 12.2 Å². The molecule has 0 amide bonds. The molecule has 0 saturated carbocycles. The normalized spacial score (nSPS) is 15.8. The number of rotatable bonds is 6. The average Bonchev–Trinajstić information content (AvgIpc) is 2.54. The Morgan fingerprint density at radius 3 is 2.31 bits per heavy atom. The van der Waals surface area contributed by atoms with Gasteiger partial charge >= 0.3 is 11.9 Å². The fourth-order valence-electron chi connectivity index (χ4n) is 2.18. The molecule has 1 aliphatic heterocycles. The molecule has 0 aliphatic carbocycles. The van der Waals surface area contributed by atoms with E-state index in [0.29, 0.717) is 39.2 Å². The summed E-state index contributed by atoms with van der Waals surface area (Å²) in [5.74, 6) is -1.86. The molecule has 140 valence electrons. The van der Waals surface area contributed by atoms with E-state index < -0.39 is 17.7 Å². The van der Waals surface area contributed by atoms with Crippen LogP contribution in [0.3, 0.4) is 0 Å². The highest BCUT2D eigenvalue weighted by Crippen LogP contribution is 2.44. The van der Waals surface area contributed by atoms with Crippen molar-refractivity contribution in [3.63, 3.8) is 0 Å². The Balaban J connectivity index is 2.51. The van der Waals surface area contributed by atoms with Gasteiger partial charge in [0.2, 0.25) is 0 Å². The van der Waals surface area contributed by atoms with Crippen LogP contribution in [-0.4, -0.2) is 30.9 Å². The van der Waals surface area contributed by atoms with E-state index in [-0.39, 0.29) is 5.57 Å². The Morgan fingerprint density at radius 1 is 1.15 bits per heavy atom. The first-order valence-electron chi connectivity index (χ1n) is 7.77. The van der Waals surface area contributed by atoms with E-state index in [9.17, 15) is 9.59 Å². The molecule has 8 heteroatoms. The summed E-state index contributed by atoms with van der Waals surface area (Å²) >= 11 is 6.89. The molecule has 26 heavy (non-hydrogen) atoms. The van der Waals surface area contributed by atoms with E-state index in [1.54, 1.807) is 12.1 Å². The number of carbonyl (C=O) groups is 2. The van der Waals surface area contributed by atoms with Crippen LogP contribution in [0.2, 0.25) is 0 Å². The van der Waals surface area contributed by atoms with Gasteiger partial charge in [-0.05, 0) is 56.5 Å². The topological polar surface area (TPSA) is 71.1 Å². The lowest BCUT2D eigenvalue weighted by Crippen LogP contribution is -2.41. The molecule has 6 nitrogen and oxygen atoms in total. The molecule has 1 saturated heterocycles. The first kappa shape index (κ1) is 20.5. The van der Waals surface area contributed by atoms with Gasteiger partial charge in [-0.1, -0.05) is 12.7 Å². The highest BCUT2D eigenvalue weighted by Gasteiger charge is 2.39. The third-order valence-electron chi connectivity index (χ3n) is 3.22. The minimum atomic E-state index is -1.29. The zero-order valence-electron chi connectivity index (χ0n) is 14.6. The summed E-state index contributed by atoms with van der Waals surface area (Å²) in [6.45, 7) is 9.14. The maximum absolute atomic E-state index is 12.2. The molecular formula is C18H18Br2O6. The lowest BCUT2D eigenvalue weighted by atomic mass is 10.1. The van der Waals surface area contributed by atoms with Crippen molar-refractivity contribution >= 4 is 49.9 Å². The number of halogens is 2. The monoisotopic (exact) mass is 488 g/mol. The Hall–Kier alpha value is -1.80. The van der Waals surface area contributed by atoms with Crippen LogP contribution in [0.4, 0.5) is 0 Å². The summed E-state index contributed by atoms with van der Waals surface area (Å²) in [5, 5.41) is 0. The maximum atomic E-state index is 12.2.